The summed E-state index contributed by atoms with van der Waals surface area (Å²) < 4.78 is 27.8. The second-order valence-electron chi connectivity index (χ2n) is 15.8. The third-order valence-electron chi connectivity index (χ3n) is 8.98. The number of rotatable bonds is 13. The first-order valence-corrected chi connectivity index (χ1v) is 19.2. The molecule has 304 valence electrons. The summed E-state index contributed by atoms with van der Waals surface area (Å²) in [6.45, 7) is 11.1. The predicted octanol–water partition coefficient (Wildman–Crippen LogP) is 12.3. The fraction of sp³-hybridized carbons (Fsp3) is 0.224. The van der Waals surface area contributed by atoms with Gasteiger partial charge in [0.15, 0.2) is 0 Å². The molecule has 0 atom stereocenters. The van der Waals surface area contributed by atoms with Crippen LogP contribution in [0.4, 0.5) is 45.5 Å². The Morgan fingerprint density at radius 3 is 1.02 bits per heavy atom. The van der Waals surface area contributed by atoms with Crippen LogP contribution in [-0.4, -0.2) is 44.5 Å². The molecule has 10 heteroatoms. The SMILES string of the molecule is COc1ccc(Nc2cc(N(c3ccc(OC)cc3)c3ccc(C(=O)OC(C)(C)C)cc3)cc(N(c3ccc(OC)cc3)c3ccc(C(=O)OC(C)(C)C)cc3)c2)cc1. The molecular formula is C49H51N3O7. The Bertz CT molecular complexity index is 2200. The summed E-state index contributed by atoms with van der Waals surface area (Å²) in [6, 6.07) is 44.3. The first-order valence-electron chi connectivity index (χ1n) is 19.2. The number of hydrogen-bond donors (Lipinski definition) is 1. The standard InChI is InChI=1S/C49H51N3O7/c1-48(2,3)58-46(53)33-10-16-37(17-11-33)51(39-20-26-44(56-8)27-21-39)41-30-36(50-35-14-24-43(55-7)25-15-35)31-42(32-41)52(40-22-28-45(57-9)29-23-40)38-18-12-34(13-19-38)47(54)59-49(4,5)6/h10-32,50H,1-9H3. The monoisotopic (exact) mass is 793 g/mol. The second kappa shape index (κ2) is 17.7. The van der Waals surface area contributed by atoms with Gasteiger partial charge in [-0.2, -0.15) is 0 Å². The molecule has 0 heterocycles. The highest BCUT2D eigenvalue weighted by atomic mass is 16.6. The minimum absolute atomic E-state index is 0.402. The molecule has 6 aromatic rings. The van der Waals surface area contributed by atoms with Crippen LogP contribution in [0, 0.1) is 0 Å². The van der Waals surface area contributed by atoms with Crippen LogP contribution in [0.15, 0.2) is 140 Å². The average Bonchev–Trinajstić information content (AvgIpc) is 3.21. The van der Waals surface area contributed by atoms with Gasteiger partial charge in [-0.15, -0.1) is 0 Å². The molecule has 0 aliphatic carbocycles. The van der Waals surface area contributed by atoms with Crippen molar-refractivity contribution in [2.75, 3.05) is 36.4 Å². The molecule has 0 unspecified atom stereocenters. The average molecular weight is 794 g/mol. The number of esters is 2. The first kappa shape index (κ1) is 41.7. The summed E-state index contributed by atoms with van der Waals surface area (Å²) in [5.74, 6) is 1.36. The summed E-state index contributed by atoms with van der Waals surface area (Å²) in [5, 5.41) is 3.61. The van der Waals surface area contributed by atoms with Crippen molar-refractivity contribution in [2.45, 2.75) is 52.7 Å². The van der Waals surface area contributed by atoms with E-state index in [0.29, 0.717) is 22.6 Å². The quantitative estimate of drug-likeness (QED) is 0.114. The molecule has 6 aromatic carbocycles. The molecule has 0 aromatic heterocycles. The third kappa shape index (κ3) is 10.7. The maximum Gasteiger partial charge on any atom is 0.338 e. The number of carbonyl (C=O) groups is 2. The van der Waals surface area contributed by atoms with Crippen molar-refractivity contribution in [3.8, 4) is 17.2 Å². The summed E-state index contributed by atoms with van der Waals surface area (Å²) in [4.78, 5) is 30.3. The molecule has 1 N–H and O–H groups in total. The topological polar surface area (TPSA) is 98.8 Å². The number of ether oxygens (including phenoxy) is 5. The molecule has 0 spiro atoms. The minimum atomic E-state index is -0.635. The van der Waals surface area contributed by atoms with Crippen LogP contribution in [0.3, 0.4) is 0 Å². The van der Waals surface area contributed by atoms with Gasteiger partial charge < -0.3 is 38.8 Å². The van der Waals surface area contributed by atoms with Crippen LogP contribution >= 0.6 is 0 Å². The van der Waals surface area contributed by atoms with E-state index in [1.165, 1.54) is 0 Å². The Hall–Kier alpha value is -6.94. The van der Waals surface area contributed by atoms with Crippen molar-refractivity contribution < 1.29 is 33.3 Å². The van der Waals surface area contributed by atoms with Gasteiger partial charge in [0.1, 0.15) is 28.5 Å². The molecule has 0 aliphatic rings. The van der Waals surface area contributed by atoms with Gasteiger partial charge in [-0.1, -0.05) is 0 Å². The predicted molar refractivity (Wildman–Crippen MR) is 236 cm³/mol. The van der Waals surface area contributed by atoms with E-state index < -0.39 is 23.1 Å². The summed E-state index contributed by atoms with van der Waals surface area (Å²) >= 11 is 0. The molecule has 0 amide bonds. The van der Waals surface area contributed by atoms with Gasteiger partial charge in [0.05, 0.1) is 43.8 Å². The maximum atomic E-state index is 13.1. The normalized spacial score (nSPS) is 11.3. The van der Waals surface area contributed by atoms with Gasteiger partial charge in [0.25, 0.3) is 0 Å². The summed E-state index contributed by atoms with van der Waals surface area (Å²) in [6.07, 6.45) is 0. The van der Waals surface area contributed by atoms with Crippen LogP contribution in [-0.2, 0) is 9.47 Å². The molecule has 0 saturated heterocycles. The second-order valence-corrected chi connectivity index (χ2v) is 15.8. The lowest BCUT2D eigenvalue weighted by atomic mass is 10.1. The van der Waals surface area contributed by atoms with Crippen LogP contribution in [0.25, 0.3) is 0 Å². The Kier molecular flexibility index (Phi) is 12.5. The molecule has 0 radical (unpaired) electrons. The largest absolute Gasteiger partial charge is 0.497 e. The van der Waals surface area contributed by atoms with Gasteiger partial charge in [-0.25, -0.2) is 9.59 Å². The summed E-state index contributed by atoms with van der Waals surface area (Å²) in [7, 11) is 4.91. The molecular weight excluding hydrogens is 743 g/mol. The third-order valence-corrected chi connectivity index (χ3v) is 8.98. The van der Waals surface area contributed by atoms with Crippen molar-refractivity contribution in [1.82, 2.24) is 0 Å². The first-order chi connectivity index (χ1) is 28.1. The van der Waals surface area contributed by atoms with Crippen LogP contribution in [0.2, 0.25) is 0 Å². The van der Waals surface area contributed by atoms with Gasteiger partial charge in [0.2, 0.25) is 0 Å². The van der Waals surface area contributed by atoms with E-state index in [2.05, 4.69) is 33.3 Å². The number of carbonyl (C=O) groups excluding carboxylic acids is 2. The Morgan fingerprint density at radius 2 is 0.712 bits per heavy atom. The molecule has 6 rings (SSSR count). The number of nitrogens with one attached hydrogen (secondary N) is 1. The lowest BCUT2D eigenvalue weighted by molar-refractivity contribution is 0.00570. The van der Waals surface area contributed by atoms with Crippen molar-refractivity contribution in [2.24, 2.45) is 0 Å². The molecule has 0 saturated carbocycles. The molecule has 0 bridgehead atoms. The maximum absolute atomic E-state index is 13.1. The number of hydrogen-bond acceptors (Lipinski definition) is 10. The van der Waals surface area contributed by atoms with Crippen molar-refractivity contribution in [1.29, 1.82) is 0 Å². The number of nitrogens with zero attached hydrogens (tertiary/aromatic N) is 2. The van der Waals surface area contributed by atoms with Gasteiger partial charge in [-0.05, 0) is 181 Å². The molecule has 0 aliphatic heterocycles. The van der Waals surface area contributed by atoms with E-state index in [4.69, 9.17) is 23.7 Å². The smallest absolute Gasteiger partial charge is 0.338 e. The molecule has 0 fully saturated rings. The van der Waals surface area contributed by atoms with Gasteiger partial charge >= 0.3 is 11.9 Å². The Balaban J connectivity index is 1.54. The van der Waals surface area contributed by atoms with E-state index >= 15 is 0 Å². The highest BCUT2D eigenvalue weighted by Gasteiger charge is 2.23. The molecule has 10 nitrogen and oxygen atoms in total. The minimum Gasteiger partial charge on any atom is -0.497 e. The van der Waals surface area contributed by atoms with E-state index in [-0.39, 0.29) is 0 Å². The fourth-order valence-corrected chi connectivity index (χ4v) is 6.29. The van der Waals surface area contributed by atoms with Gasteiger partial charge in [0, 0.05) is 34.1 Å². The Labute approximate surface area is 346 Å². The van der Waals surface area contributed by atoms with Crippen molar-refractivity contribution in [3.05, 3.63) is 151 Å². The van der Waals surface area contributed by atoms with E-state index in [9.17, 15) is 9.59 Å². The van der Waals surface area contributed by atoms with Crippen LogP contribution < -0.4 is 29.3 Å². The fourth-order valence-electron chi connectivity index (χ4n) is 6.29. The Morgan fingerprint density at radius 1 is 0.407 bits per heavy atom. The zero-order valence-corrected chi connectivity index (χ0v) is 35.0. The highest BCUT2D eigenvalue weighted by Crippen LogP contribution is 2.43. The van der Waals surface area contributed by atoms with E-state index in [0.717, 1.165) is 51.2 Å². The van der Waals surface area contributed by atoms with Crippen molar-refractivity contribution in [3.63, 3.8) is 0 Å². The number of anilines is 8. The zero-order chi connectivity index (χ0) is 42.3. The summed E-state index contributed by atoms with van der Waals surface area (Å²) in [5.41, 5.74) is 6.15. The highest BCUT2D eigenvalue weighted by molar-refractivity contribution is 5.93. The number of benzene rings is 6. The van der Waals surface area contributed by atoms with Crippen molar-refractivity contribution >= 4 is 57.4 Å². The van der Waals surface area contributed by atoms with Crippen LogP contribution in [0.1, 0.15) is 62.3 Å². The van der Waals surface area contributed by atoms with Gasteiger partial charge in [-0.3, -0.25) is 0 Å². The van der Waals surface area contributed by atoms with E-state index in [1.807, 2.05) is 139 Å². The zero-order valence-electron chi connectivity index (χ0n) is 35.0. The lowest BCUT2D eigenvalue weighted by Gasteiger charge is -2.30. The van der Waals surface area contributed by atoms with Crippen LogP contribution in [0.5, 0.6) is 17.2 Å². The lowest BCUT2D eigenvalue weighted by Crippen LogP contribution is -2.23. The molecule has 59 heavy (non-hydrogen) atoms. The van der Waals surface area contributed by atoms with E-state index in [1.54, 1.807) is 45.6 Å². The number of methoxy groups -OCH3 is 3.